The molecule has 26 heavy (non-hydrogen) atoms. The summed E-state index contributed by atoms with van der Waals surface area (Å²) in [6, 6.07) is 7.13. The molecule has 2 aliphatic rings. The number of likely N-dealkylation sites (tertiary alicyclic amines) is 1. The molecule has 136 valence electrons. The quantitative estimate of drug-likeness (QED) is 0.893. The highest BCUT2D eigenvalue weighted by atomic mass is 16.5. The maximum Gasteiger partial charge on any atom is 0.293 e. The number of nitrogens with one attached hydrogen (secondary N) is 1. The van der Waals surface area contributed by atoms with Gasteiger partial charge < -0.3 is 19.5 Å². The molecule has 2 aromatic rings. The van der Waals surface area contributed by atoms with Gasteiger partial charge in [0.25, 0.3) is 5.91 Å². The predicted molar refractivity (Wildman–Crippen MR) is 93.9 cm³/mol. The summed E-state index contributed by atoms with van der Waals surface area (Å²) in [7, 11) is 1.60. The third-order valence-corrected chi connectivity index (χ3v) is 5.26. The van der Waals surface area contributed by atoms with Gasteiger partial charge in [-0.3, -0.25) is 9.59 Å². The van der Waals surface area contributed by atoms with Crippen molar-refractivity contribution < 1.29 is 14.3 Å². The van der Waals surface area contributed by atoms with Crippen molar-refractivity contribution in [2.24, 2.45) is 11.8 Å². The number of nitrogens with zero attached hydrogens (tertiary/aromatic N) is 4. The maximum absolute atomic E-state index is 12.6. The molecule has 2 aliphatic heterocycles. The Kier molecular flexibility index (Phi) is 4.10. The predicted octanol–water partition coefficient (Wildman–Crippen LogP) is 1.19. The molecule has 2 amide bonds. The molecule has 0 aliphatic carbocycles. The molecule has 0 unspecified atom stereocenters. The van der Waals surface area contributed by atoms with Crippen LogP contribution in [0.15, 0.2) is 24.3 Å². The first kappa shape index (κ1) is 16.6. The van der Waals surface area contributed by atoms with E-state index in [1.54, 1.807) is 38.3 Å². The number of hydrogen-bond donors (Lipinski definition) is 1. The fraction of sp³-hybridized carbons (Fsp3) is 0.444. The lowest BCUT2D eigenvalue weighted by Crippen LogP contribution is -2.31. The average Bonchev–Trinajstić information content (AvgIpc) is 3.23. The lowest BCUT2D eigenvalue weighted by atomic mass is 9.89. The van der Waals surface area contributed by atoms with Crippen molar-refractivity contribution in [2.75, 3.05) is 25.5 Å². The van der Waals surface area contributed by atoms with Gasteiger partial charge in [0.15, 0.2) is 0 Å². The summed E-state index contributed by atoms with van der Waals surface area (Å²) >= 11 is 0. The Morgan fingerprint density at radius 1 is 1.12 bits per heavy atom. The van der Waals surface area contributed by atoms with Crippen LogP contribution in [0.5, 0.6) is 5.75 Å². The lowest BCUT2D eigenvalue weighted by molar-refractivity contribution is -0.128. The van der Waals surface area contributed by atoms with E-state index in [0.717, 1.165) is 31.1 Å². The number of methoxy groups -OCH3 is 1. The molecule has 1 N–H and O–H groups in total. The van der Waals surface area contributed by atoms with Crippen molar-refractivity contribution in [3.8, 4) is 5.75 Å². The second-order valence-electron chi connectivity index (χ2n) is 6.88. The molecule has 1 aromatic heterocycles. The molecule has 8 heteroatoms. The summed E-state index contributed by atoms with van der Waals surface area (Å²) in [6.45, 7) is 3.77. The number of carbonyl (C=O) groups is 2. The molecule has 0 bridgehead atoms. The molecule has 0 radical (unpaired) electrons. The molecule has 1 saturated heterocycles. The van der Waals surface area contributed by atoms with Gasteiger partial charge in [-0.05, 0) is 36.1 Å². The van der Waals surface area contributed by atoms with Crippen molar-refractivity contribution in [2.45, 2.75) is 19.9 Å². The van der Waals surface area contributed by atoms with Crippen molar-refractivity contribution in [1.82, 2.24) is 19.7 Å². The Labute approximate surface area is 151 Å². The van der Waals surface area contributed by atoms with E-state index < -0.39 is 0 Å². The van der Waals surface area contributed by atoms with Gasteiger partial charge in [-0.25, -0.2) is 0 Å². The Balaban J connectivity index is 1.50. The van der Waals surface area contributed by atoms with E-state index in [1.807, 2.05) is 9.47 Å². The Morgan fingerprint density at radius 2 is 1.85 bits per heavy atom. The molecule has 4 rings (SSSR count). The Hall–Kier alpha value is -2.90. The first-order valence-corrected chi connectivity index (χ1v) is 8.68. The number of aromatic nitrogens is 3. The Bertz CT molecular complexity index is 845. The minimum absolute atomic E-state index is 0.104. The van der Waals surface area contributed by atoms with Crippen LogP contribution < -0.4 is 10.1 Å². The normalized spacial score (nSPS) is 21.1. The molecule has 3 heterocycles. The van der Waals surface area contributed by atoms with Gasteiger partial charge in [-0.2, -0.15) is 0 Å². The van der Waals surface area contributed by atoms with E-state index in [0.29, 0.717) is 29.9 Å². The molecule has 1 fully saturated rings. The largest absolute Gasteiger partial charge is 0.497 e. The van der Waals surface area contributed by atoms with Crippen LogP contribution >= 0.6 is 0 Å². The number of anilines is 1. The third-order valence-electron chi connectivity index (χ3n) is 5.26. The van der Waals surface area contributed by atoms with Crippen LogP contribution in [0.1, 0.15) is 23.4 Å². The number of fused-ring (bicyclic) bond motifs is 2. The number of hydrogen-bond acceptors (Lipinski definition) is 5. The van der Waals surface area contributed by atoms with Gasteiger partial charge >= 0.3 is 0 Å². The number of carbonyl (C=O) groups excluding carboxylic acids is 2. The van der Waals surface area contributed by atoms with Crippen molar-refractivity contribution in [3.63, 3.8) is 0 Å². The van der Waals surface area contributed by atoms with Gasteiger partial charge in [-0.15, -0.1) is 10.2 Å². The van der Waals surface area contributed by atoms with Crippen LogP contribution in [0.3, 0.4) is 0 Å². The summed E-state index contributed by atoms with van der Waals surface area (Å²) in [5, 5.41) is 11.2. The molecule has 0 spiro atoms. The van der Waals surface area contributed by atoms with E-state index in [4.69, 9.17) is 4.74 Å². The highest BCUT2D eigenvalue weighted by Gasteiger charge is 2.39. The van der Waals surface area contributed by atoms with Gasteiger partial charge in [0.2, 0.25) is 11.7 Å². The van der Waals surface area contributed by atoms with Crippen molar-refractivity contribution in [3.05, 3.63) is 35.9 Å². The van der Waals surface area contributed by atoms with Crippen molar-refractivity contribution >= 4 is 17.5 Å². The highest BCUT2D eigenvalue weighted by Crippen LogP contribution is 2.32. The molecular weight excluding hydrogens is 334 g/mol. The fourth-order valence-corrected chi connectivity index (χ4v) is 3.81. The summed E-state index contributed by atoms with van der Waals surface area (Å²) in [6.07, 6.45) is 0.747. The molecular formula is C18H21N5O3. The first-order chi connectivity index (χ1) is 12.5. The van der Waals surface area contributed by atoms with E-state index in [1.165, 1.54) is 0 Å². The second-order valence-corrected chi connectivity index (χ2v) is 6.88. The van der Waals surface area contributed by atoms with Crippen LogP contribution in [0.2, 0.25) is 0 Å². The van der Waals surface area contributed by atoms with Crippen LogP contribution in [0.25, 0.3) is 0 Å². The summed E-state index contributed by atoms with van der Waals surface area (Å²) in [4.78, 5) is 26.2. The zero-order chi connectivity index (χ0) is 18.3. The smallest absolute Gasteiger partial charge is 0.293 e. The summed E-state index contributed by atoms with van der Waals surface area (Å²) < 4.78 is 7.01. The zero-order valence-corrected chi connectivity index (χ0v) is 14.8. The third kappa shape index (κ3) is 2.91. The number of benzene rings is 1. The second kappa shape index (κ2) is 6.44. The zero-order valence-electron chi connectivity index (χ0n) is 14.8. The number of ether oxygens (including phenoxy) is 1. The maximum atomic E-state index is 12.6. The van der Waals surface area contributed by atoms with E-state index in [9.17, 15) is 9.59 Å². The van der Waals surface area contributed by atoms with E-state index >= 15 is 0 Å². The van der Waals surface area contributed by atoms with Crippen LogP contribution in [-0.2, 0) is 17.8 Å². The minimum atomic E-state index is -0.284. The molecule has 0 saturated carbocycles. The van der Waals surface area contributed by atoms with Crippen LogP contribution in [-0.4, -0.2) is 51.7 Å². The van der Waals surface area contributed by atoms with Crippen molar-refractivity contribution in [1.29, 1.82) is 0 Å². The van der Waals surface area contributed by atoms with Gasteiger partial charge in [0.1, 0.15) is 11.6 Å². The van der Waals surface area contributed by atoms with E-state index in [-0.39, 0.29) is 11.8 Å². The number of amides is 2. The minimum Gasteiger partial charge on any atom is -0.497 e. The topological polar surface area (TPSA) is 89.3 Å². The van der Waals surface area contributed by atoms with Crippen LogP contribution in [0, 0.1) is 11.8 Å². The molecule has 2 atom stereocenters. The van der Waals surface area contributed by atoms with Gasteiger partial charge in [0, 0.05) is 38.7 Å². The van der Waals surface area contributed by atoms with E-state index in [2.05, 4.69) is 15.5 Å². The lowest BCUT2D eigenvalue weighted by Gasteiger charge is -2.25. The first-order valence-electron chi connectivity index (χ1n) is 8.68. The SMILES string of the molecule is COc1ccc(NC(=O)c2nnc3n2C[C@H]2CN(C(C)=O)C[C@H]2C3)cc1. The average molecular weight is 355 g/mol. The highest BCUT2D eigenvalue weighted by molar-refractivity contribution is 6.01. The molecule has 1 aromatic carbocycles. The monoisotopic (exact) mass is 355 g/mol. The van der Waals surface area contributed by atoms with Gasteiger partial charge in [-0.1, -0.05) is 0 Å². The Morgan fingerprint density at radius 3 is 2.54 bits per heavy atom. The molecule has 8 nitrogen and oxygen atoms in total. The number of rotatable bonds is 3. The van der Waals surface area contributed by atoms with Crippen LogP contribution in [0.4, 0.5) is 5.69 Å². The summed E-state index contributed by atoms with van der Waals surface area (Å²) in [5.74, 6) is 2.42. The summed E-state index contributed by atoms with van der Waals surface area (Å²) in [5.41, 5.74) is 0.672. The van der Waals surface area contributed by atoms with Gasteiger partial charge in [0.05, 0.1) is 7.11 Å². The standard InChI is InChI=1S/C18H21N5O3/c1-11(24)22-8-12-7-16-20-21-17(23(16)10-13(12)9-22)18(25)19-14-3-5-15(26-2)6-4-14/h3-6,12-13H,7-10H2,1-2H3,(H,19,25)/t12-,13-/m1/s1. The fourth-order valence-electron chi connectivity index (χ4n) is 3.81.